The minimum atomic E-state index is -0.565. The van der Waals surface area contributed by atoms with Crippen LogP contribution in [0.5, 0.6) is 0 Å². The molecule has 1 aromatic rings. The van der Waals surface area contributed by atoms with E-state index in [0.29, 0.717) is 5.56 Å². The van der Waals surface area contributed by atoms with Gasteiger partial charge in [-0.25, -0.2) is 4.39 Å². The molecule has 0 aromatic heterocycles. The molecule has 1 aliphatic heterocycles. The molecule has 4 nitrogen and oxygen atoms in total. The number of nitrogens with zero attached hydrogens (tertiary/aromatic N) is 1. The van der Waals surface area contributed by atoms with Crippen LogP contribution in [-0.2, 0) is 16.1 Å². The molecule has 2 rings (SSSR count). The van der Waals surface area contributed by atoms with Gasteiger partial charge < -0.3 is 5.32 Å². The van der Waals surface area contributed by atoms with Crippen LogP contribution in [0.15, 0.2) is 22.7 Å². The Morgan fingerprint density at radius 3 is 2.86 bits per heavy atom. The smallest absolute Gasteiger partial charge is 0.247 e. The van der Waals surface area contributed by atoms with Crippen LogP contribution in [0, 0.1) is 5.82 Å². The summed E-state index contributed by atoms with van der Waals surface area (Å²) >= 11 is 3.29. The van der Waals surface area contributed by atoms with Gasteiger partial charge in [0.1, 0.15) is 5.82 Å². The van der Waals surface area contributed by atoms with E-state index < -0.39 is 6.04 Å². The lowest BCUT2D eigenvalue weighted by Gasteiger charge is -2.21. The van der Waals surface area contributed by atoms with Crippen LogP contribution in [0.1, 0.15) is 32.3 Å². The first kappa shape index (κ1) is 16.1. The van der Waals surface area contributed by atoms with Crippen molar-refractivity contribution in [3.8, 4) is 0 Å². The van der Waals surface area contributed by atoms with Crippen LogP contribution in [0.2, 0.25) is 0 Å². The summed E-state index contributed by atoms with van der Waals surface area (Å²) in [7, 11) is 0. The summed E-state index contributed by atoms with van der Waals surface area (Å²) in [4.78, 5) is 25.5. The Bertz CT molecular complexity index is 565. The number of rotatable bonds is 5. The Morgan fingerprint density at radius 2 is 2.19 bits per heavy atom. The SMILES string of the molecule is CCC(C)N1C(=O)CC(NCc2cc(Br)ccc2F)C1=O. The van der Waals surface area contributed by atoms with Crippen LogP contribution in [0.25, 0.3) is 0 Å². The van der Waals surface area contributed by atoms with Gasteiger partial charge in [0.15, 0.2) is 0 Å². The van der Waals surface area contributed by atoms with Gasteiger partial charge in [-0.1, -0.05) is 22.9 Å². The molecule has 0 saturated carbocycles. The first-order chi connectivity index (χ1) is 9.93. The third-order valence-corrected chi connectivity index (χ3v) is 4.25. The van der Waals surface area contributed by atoms with Crippen molar-refractivity contribution in [3.63, 3.8) is 0 Å². The van der Waals surface area contributed by atoms with Gasteiger partial charge in [0, 0.05) is 22.6 Å². The van der Waals surface area contributed by atoms with Crippen molar-refractivity contribution in [3.05, 3.63) is 34.1 Å². The molecule has 1 aliphatic rings. The number of nitrogens with one attached hydrogen (secondary N) is 1. The van der Waals surface area contributed by atoms with Crippen molar-refractivity contribution in [2.45, 2.75) is 45.3 Å². The highest BCUT2D eigenvalue weighted by Crippen LogP contribution is 2.20. The zero-order chi connectivity index (χ0) is 15.6. The molecular weight excluding hydrogens is 339 g/mol. The molecule has 0 spiro atoms. The first-order valence-electron chi connectivity index (χ1n) is 6.97. The third-order valence-electron chi connectivity index (χ3n) is 3.76. The van der Waals surface area contributed by atoms with Crippen molar-refractivity contribution in [1.29, 1.82) is 0 Å². The molecule has 0 aliphatic carbocycles. The van der Waals surface area contributed by atoms with E-state index in [-0.39, 0.29) is 36.6 Å². The summed E-state index contributed by atoms with van der Waals surface area (Å²) in [5.74, 6) is -0.715. The minimum Gasteiger partial charge on any atom is -0.301 e. The van der Waals surface area contributed by atoms with Gasteiger partial charge in [-0.2, -0.15) is 0 Å². The predicted molar refractivity (Wildman–Crippen MR) is 81.0 cm³/mol. The molecule has 21 heavy (non-hydrogen) atoms. The average molecular weight is 357 g/mol. The fourth-order valence-electron chi connectivity index (χ4n) is 2.37. The monoisotopic (exact) mass is 356 g/mol. The summed E-state index contributed by atoms with van der Waals surface area (Å²) in [6, 6.07) is 3.99. The maximum Gasteiger partial charge on any atom is 0.247 e. The van der Waals surface area contributed by atoms with E-state index in [1.807, 2.05) is 13.8 Å². The molecule has 1 fully saturated rings. The highest BCUT2D eigenvalue weighted by Gasteiger charge is 2.40. The maximum atomic E-state index is 13.7. The third kappa shape index (κ3) is 3.49. The second-order valence-corrected chi connectivity index (χ2v) is 6.15. The summed E-state index contributed by atoms with van der Waals surface area (Å²) in [6.45, 7) is 4.00. The number of hydrogen-bond donors (Lipinski definition) is 1. The maximum absolute atomic E-state index is 13.7. The topological polar surface area (TPSA) is 49.4 Å². The van der Waals surface area contributed by atoms with Gasteiger partial charge in [0.2, 0.25) is 11.8 Å². The van der Waals surface area contributed by atoms with Crippen LogP contribution in [0.4, 0.5) is 4.39 Å². The largest absolute Gasteiger partial charge is 0.301 e. The van der Waals surface area contributed by atoms with Gasteiger partial charge >= 0.3 is 0 Å². The number of imide groups is 1. The zero-order valence-corrected chi connectivity index (χ0v) is 13.6. The molecule has 2 unspecified atom stereocenters. The Hall–Kier alpha value is -1.27. The van der Waals surface area contributed by atoms with E-state index in [0.717, 1.165) is 10.9 Å². The van der Waals surface area contributed by atoms with Crippen LogP contribution >= 0.6 is 15.9 Å². The fourth-order valence-corrected chi connectivity index (χ4v) is 2.78. The first-order valence-corrected chi connectivity index (χ1v) is 7.76. The van der Waals surface area contributed by atoms with Crippen LogP contribution in [-0.4, -0.2) is 28.8 Å². The standard InChI is InChI=1S/C15H18BrFN2O2/c1-3-9(2)19-14(20)7-13(15(19)21)18-8-10-6-11(16)4-5-12(10)17/h4-6,9,13,18H,3,7-8H2,1-2H3. The Balaban J connectivity index is 2.03. The highest BCUT2D eigenvalue weighted by molar-refractivity contribution is 9.10. The summed E-state index contributed by atoms with van der Waals surface area (Å²) in [5.41, 5.74) is 0.464. The van der Waals surface area contributed by atoms with Gasteiger partial charge in [-0.3, -0.25) is 14.5 Å². The van der Waals surface area contributed by atoms with Crippen molar-refractivity contribution in [2.75, 3.05) is 0 Å². The van der Waals surface area contributed by atoms with Crippen molar-refractivity contribution >= 4 is 27.7 Å². The van der Waals surface area contributed by atoms with Gasteiger partial charge in [0.25, 0.3) is 0 Å². The molecule has 1 aromatic carbocycles. The lowest BCUT2D eigenvalue weighted by molar-refractivity contribution is -0.141. The van der Waals surface area contributed by atoms with E-state index in [1.54, 1.807) is 12.1 Å². The highest BCUT2D eigenvalue weighted by atomic mass is 79.9. The predicted octanol–water partition coefficient (Wildman–Crippen LogP) is 2.60. The quantitative estimate of drug-likeness (QED) is 0.825. The number of carbonyl (C=O) groups is 2. The van der Waals surface area contributed by atoms with Gasteiger partial charge in [-0.05, 0) is 31.5 Å². The number of halogens is 2. The Labute approximate surface area is 131 Å². The molecule has 2 amide bonds. The van der Waals surface area contributed by atoms with E-state index in [1.165, 1.54) is 11.0 Å². The molecule has 2 atom stereocenters. The number of hydrogen-bond acceptors (Lipinski definition) is 3. The van der Waals surface area contributed by atoms with E-state index >= 15 is 0 Å². The van der Waals surface area contributed by atoms with E-state index in [9.17, 15) is 14.0 Å². The summed E-state index contributed by atoms with van der Waals surface area (Å²) in [5, 5.41) is 2.98. The number of amides is 2. The second kappa shape index (κ2) is 6.66. The summed E-state index contributed by atoms with van der Waals surface area (Å²) < 4.78 is 14.4. The second-order valence-electron chi connectivity index (χ2n) is 5.23. The fraction of sp³-hybridized carbons (Fsp3) is 0.467. The minimum absolute atomic E-state index is 0.0978. The number of likely N-dealkylation sites (tertiary alicyclic amines) is 1. The van der Waals surface area contributed by atoms with Gasteiger partial charge in [-0.15, -0.1) is 0 Å². The molecule has 6 heteroatoms. The lowest BCUT2D eigenvalue weighted by atomic mass is 10.2. The van der Waals surface area contributed by atoms with Crippen LogP contribution < -0.4 is 5.32 Å². The average Bonchev–Trinajstić information content (AvgIpc) is 2.73. The number of benzene rings is 1. The van der Waals surface area contributed by atoms with Crippen molar-refractivity contribution < 1.29 is 14.0 Å². The molecule has 114 valence electrons. The normalized spacial score (nSPS) is 20.2. The van der Waals surface area contributed by atoms with Gasteiger partial charge in [0.05, 0.1) is 12.5 Å². The Kier molecular flexibility index (Phi) is 5.11. The van der Waals surface area contributed by atoms with E-state index in [2.05, 4.69) is 21.2 Å². The van der Waals surface area contributed by atoms with Crippen LogP contribution in [0.3, 0.4) is 0 Å². The molecular formula is C15H18BrFN2O2. The molecule has 1 N–H and O–H groups in total. The van der Waals surface area contributed by atoms with Crippen molar-refractivity contribution in [2.24, 2.45) is 0 Å². The molecule has 0 bridgehead atoms. The molecule has 1 saturated heterocycles. The van der Waals surface area contributed by atoms with E-state index in [4.69, 9.17) is 0 Å². The number of carbonyl (C=O) groups excluding carboxylic acids is 2. The zero-order valence-electron chi connectivity index (χ0n) is 12.0. The molecule has 1 heterocycles. The lowest BCUT2D eigenvalue weighted by Crippen LogP contribution is -2.42. The van der Waals surface area contributed by atoms with Crippen molar-refractivity contribution in [1.82, 2.24) is 10.2 Å². The Morgan fingerprint density at radius 1 is 1.48 bits per heavy atom. The summed E-state index contributed by atoms with van der Waals surface area (Å²) in [6.07, 6.45) is 0.864. The molecule has 0 radical (unpaired) electrons.